The smallest absolute Gasteiger partial charge is 0.255 e. The van der Waals surface area contributed by atoms with E-state index in [0.717, 1.165) is 12.8 Å². The molecule has 0 radical (unpaired) electrons. The standard InChI is InChI=1S/C17H27N3O4S.ClH/c1-4-20(5-2)25(22,23)13-8-9-16(24-3)14(10-13)17(21)19-11-15(18)12-6-7-12;/h8-10,12,15H,4-7,11,18H2,1-3H3,(H,19,21);1H. The Labute approximate surface area is 161 Å². The summed E-state index contributed by atoms with van der Waals surface area (Å²) in [7, 11) is -2.20. The highest BCUT2D eigenvalue weighted by molar-refractivity contribution is 7.89. The Morgan fingerprint density at radius 1 is 1.35 bits per heavy atom. The number of methoxy groups -OCH3 is 1. The van der Waals surface area contributed by atoms with Gasteiger partial charge in [0.25, 0.3) is 5.91 Å². The molecule has 0 aliphatic heterocycles. The molecule has 0 spiro atoms. The van der Waals surface area contributed by atoms with Crippen molar-refractivity contribution >= 4 is 28.3 Å². The number of ether oxygens (including phenoxy) is 1. The average molecular weight is 406 g/mol. The van der Waals surface area contributed by atoms with Crippen molar-refractivity contribution in [2.45, 2.75) is 37.6 Å². The highest BCUT2D eigenvalue weighted by Gasteiger charge is 2.29. The number of nitrogens with zero attached hydrogens (tertiary/aromatic N) is 1. The Morgan fingerprint density at radius 3 is 2.46 bits per heavy atom. The van der Waals surface area contributed by atoms with Crippen LogP contribution in [0.2, 0.25) is 0 Å². The zero-order chi connectivity index (χ0) is 18.6. The number of benzene rings is 1. The van der Waals surface area contributed by atoms with E-state index >= 15 is 0 Å². The predicted molar refractivity (Wildman–Crippen MR) is 103 cm³/mol. The number of hydrogen-bond donors (Lipinski definition) is 2. The van der Waals surface area contributed by atoms with Crippen LogP contribution in [0.15, 0.2) is 23.1 Å². The minimum Gasteiger partial charge on any atom is -0.496 e. The molecule has 1 atom stereocenters. The normalized spacial score (nSPS) is 15.3. The van der Waals surface area contributed by atoms with Crippen LogP contribution in [0.3, 0.4) is 0 Å². The zero-order valence-corrected chi connectivity index (χ0v) is 17.0. The Kier molecular flexibility index (Phi) is 8.33. The molecule has 1 unspecified atom stereocenters. The number of nitrogens with one attached hydrogen (secondary N) is 1. The molecular formula is C17H28ClN3O4S. The number of carbonyl (C=O) groups excluding carboxylic acids is 1. The molecule has 0 saturated heterocycles. The Morgan fingerprint density at radius 2 is 1.96 bits per heavy atom. The lowest BCUT2D eigenvalue weighted by atomic mass is 10.1. The number of rotatable bonds is 9. The number of amides is 1. The number of halogens is 1. The molecular weight excluding hydrogens is 378 g/mol. The summed E-state index contributed by atoms with van der Waals surface area (Å²) in [6.45, 7) is 4.64. The summed E-state index contributed by atoms with van der Waals surface area (Å²) in [5.74, 6) is 0.414. The van der Waals surface area contributed by atoms with E-state index in [1.54, 1.807) is 13.8 Å². The van der Waals surface area contributed by atoms with E-state index in [2.05, 4.69) is 5.32 Å². The van der Waals surface area contributed by atoms with Gasteiger partial charge >= 0.3 is 0 Å². The third kappa shape index (κ3) is 5.09. The van der Waals surface area contributed by atoms with E-state index < -0.39 is 10.0 Å². The van der Waals surface area contributed by atoms with Gasteiger partial charge in [0, 0.05) is 25.7 Å². The van der Waals surface area contributed by atoms with Gasteiger partial charge in [-0.25, -0.2) is 8.42 Å². The summed E-state index contributed by atoms with van der Waals surface area (Å²) in [5.41, 5.74) is 6.20. The van der Waals surface area contributed by atoms with Gasteiger partial charge in [-0.3, -0.25) is 4.79 Å². The first-order valence-corrected chi connectivity index (χ1v) is 10.0. The van der Waals surface area contributed by atoms with Gasteiger partial charge in [-0.05, 0) is 37.0 Å². The van der Waals surface area contributed by atoms with Crippen molar-refractivity contribution in [3.05, 3.63) is 23.8 Å². The van der Waals surface area contributed by atoms with Gasteiger partial charge in [-0.1, -0.05) is 13.8 Å². The first kappa shape index (κ1) is 22.7. The van der Waals surface area contributed by atoms with E-state index in [9.17, 15) is 13.2 Å². The van der Waals surface area contributed by atoms with Crippen molar-refractivity contribution < 1.29 is 17.9 Å². The molecule has 3 N–H and O–H groups in total. The van der Waals surface area contributed by atoms with E-state index in [4.69, 9.17) is 10.5 Å². The van der Waals surface area contributed by atoms with Crippen molar-refractivity contribution in [3.63, 3.8) is 0 Å². The lowest BCUT2D eigenvalue weighted by molar-refractivity contribution is 0.0947. The quantitative estimate of drug-likeness (QED) is 0.649. The number of hydrogen-bond acceptors (Lipinski definition) is 5. The first-order chi connectivity index (χ1) is 11.8. The van der Waals surface area contributed by atoms with Crippen LogP contribution in [-0.4, -0.2) is 51.4 Å². The molecule has 1 saturated carbocycles. The summed E-state index contributed by atoms with van der Waals surface area (Å²) < 4.78 is 31.9. The van der Waals surface area contributed by atoms with Gasteiger partial charge in [0.1, 0.15) is 5.75 Å². The fourth-order valence-corrected chi connectivity index (χ4v) is 4.22. The van der Waals surface area contributed by atoms with E-state index in [1.165, 1.54) is 29.6 Å². The van der Waals surface area contributed by atoms with Crippen molar-refractivity contribution in [3.8, 4) is 5.75 Å². The van der Waals surface area contributed by atoms with Crippen molar-refractivity contribution in [2.24, 2.45) is 11.7 Å². The van der Waals surface area contributed by atoms with Crippen LogP contribution in [0.25, 0.3) is 0 Å². The largest absolute Gasteiger partial charge is 0.496 e. The van der Waals surface area contributed by atoms with Crippen LogP contribution in [0.4, 0.5) is 0 Å². The molecule has 1 aromatic carbocycles. The Balaban J connectivity index is 0.00000338. The maximum atomic E-state index is 12.7. The number of sulfonamides is 1. The van der Waals surface area contributed by atoms with Gasteiger partial charge in [0.15, 0.2) is 0 Å². The minimum atomic E-state index is -3.64. The highest BCUT2D eigenvalue weighted by atomic mass is 35.5. The van der Waals surface area contributed by atoms with Crippen LogP contribution in [0, 0.1) is 5.92 Å². The fourth-order valence-electron chi connectivity index (χ4n) is 2.73. The van der Waals surface area contributed by atoms with E-state index in [-0.39, 0.29) is 34.8 Å². The maximum Gasteiger partial charge on any atom is 0.255 e. The molecule has 1 aliphatic carbocycles. The first-order valence-electron chi connectivity index (χ1n) is 8.57. The molecule has 7 nitrogen and oxygen atoms in total. The molecule has 1 aromatic rings. The Hall–Kier alpha value is -1.35. The number of nitrogens with two attached hydrogens (primary N) is 1. The molecule has 0 bridgehead atoms. The van der Waals surface area contributed by atoms with Crippen LogP contribution >= 0.6 is 12.4 Å². The summed E-state index contributed by atoms with van der Waals surface area (Å²) >= 11 is 0. The molecule has 1 amide bonds. The summed E-state index contributed by atoms with van der Waals surface area (Å²) in [5, 5.41) is 2.78. The van der Waals surface area contributed by atoms with Gasteiger partial charge in [-0.15, -0.1) is 12.4 Å². The molecule has 2 rings (SSSR count). The van der Waals surface area contributed by atoms with E-state index in [1.807, 2.05) is 0 Å². The van der Waals surface area contributed by atoms with Crippen LogP contribution in [0.1, 0.15) is 37.0 Å². The lowest BCUT2D eigenvalue weighted by Gasteiger charge is -2.19. The monoisotopic (exact) mass is 405 g/mol. The second-order valence-electron chi connectivity index (χ2n) is 6.16. The minimum absolute atomic E-state index is 0. The van der Waals surface area contributed by atoms with Gasteiger partial charge in [0.05, 0.1) is 17.6 Å². The van der Waals surface area contributed by atoms with Crippen LogP contribution in [-0.2, 0) is 10.0 Å². The molecule has 26 heavy (non-hydrogen) atoms. The third-order valence-electron chi connectivity index (χ3n) is 4.48. The Bertz CT molecular complexity index is 719. The van der Waals surface area contributed by atoms with Crippen LogP contribution in [0.5, 0.6) is 5.75 Å². The molecule has 9 heteroatoms. The predicted octanol–water partition coefficient (Wildman–Crippen LogP) is 1.61. The molecule has 1 fully saturated rings. The summed E-state index contributed by atoms with van der Waals surface area (Å²) in [6, 6.07) is 4.26. The lowest BCUT2D eigenvalue weighted by Crippen LogP contribution is -2.38. The topological polar surface area (TPSA) is 102 Å². The van der Waals surface area contributed by atoms with Gasteiger partial charge in [0.2, 0.25) is 10.0 Å². The fraction of sp³-hybridized carbons (Fsp3) is 0.588. The SMILES string of the molecule is CCN(CC)S(=O)(=O)c1ccc(OC)c(C(=O)NCC(N)C2CC2)c1.Cl. The molecule has 1 aliphatic rings. The second-order valence-corrected chi connectivity index (χ2v) is 8.10. The molecule has 148 valence electrons. The molecule has 0 aromatic heterocycles. The maximum absolute atomic E-state index is 12.7. The average Bonchev–Trinajstić information content (AvgIpc) is 3.44. The second kappa shape index (κ2) is 9.55. The van der Waals surface area contributed by atoms with E-state index in [0.29, 0.717) is 31.3 Å². The van der Waals surface area contributed by atoms with Gasteiger partial charge in [-0.2, -0.15) is 4.31 Å². The van der Waals surface area contributed by atoms with Crippen LogP contribution < -0.4 is 15.8 Å². The highest BCUT2D eigenvalue weighted by Crippen LogP contribution is 2.31. The summed E-state index contributed by atoms with van der Waals surface area (Å²) in [4.78, 5) is 12.6. The summed E-state index contributed by atoms with van der Waals surface area (Å²) in [6.07, 6.45) is 2.19. The zero-order valence-electron chi connectivity index (χ0n) is 15.4. The van der Waals surface area contributed by atoms with Crippen molar-refractivity contribution in [1.82, 2.24) is 9.62 Å². The van der Waals surface area contributed by atoms with Crippen molar-refractivity contribution in [1.29, 1.82) is 0 Å². The third-order valence-corrected chi connectivity index (χ3v) is 6.53. The van der Waals surface area contributed by atoms with Gasteiger partial charge < -0.3 is 15.8 Å². The van der Waals surface area contributed by atoms with Crippen molar-refractivity contribution in [2.75, 3.05) is 26.7 Å². The number of carbonyl (C=O) groups is 1. The molecule has 0 heterocycles.